The molecular weight excluding hydrogens is 506 g/mol. The van der Waals surface area contributed by atoms with Crippen molar-refractivity contribution in [1.82, 2.24) is 14.5 Å². The molecule has 12 heteroatoms. The van der Waals surface area contributed by atoms with Crippen LogP contribution in [0.2, 0.25) is 0 Å². The molecule has 0 atom stereocenters. The van der Waals surface area contributed by atoms with Crippen molar-refractivity contribution in [3.05, 3.63) is 81.5 Å². The molecule has 0 saturated carbocycles. The van der Waals surface area contributed by atoms with Gasteiger partial charge in [0.25, 0.3) is 5.56 Å². The monoisotopic (exact) mass is 537 g/mol. The number of para-hydroxylation sites is 1. The minimum absolute atomic E-state index is 0.212. The summed E-state index contributed by atoms with van der Waals surface area (Å²) in [4.78, 5) is 63.2. The van der Waals surface area contributed by atoms with E-state index in [1.54, 1.807) is 18.2 Å². The maximum Gasteiger partial charge on any atom is 0.328 e. The van der Waals surface area contributed by atoms with Gasteiger partial charge in [0.05, 0.1) is 10.9 Å². The minimum atomic E-state index is -1.26. The number of carbonyl (C=O) groups is 3. The van der Waals surface area contributed by atoms with Crippen LogP contribution in [0.15, 0.2) is 70.3 Å². The fourth-order valence-corrected chi connectivity index (χ4v) is 4.20. The van der Waals surface area contributed by atoms with Gasteiger partial charge in [-0.2, -0.15) is 0 Å². The normalized spacial score (nSPS) is 13.6. The fourth-order valence-electron chi connectivity index (χ4n) is 4.20. The van der Waals surface area contributed by atoms with Crippen LogP contribution < -0.4 is 21.5 Å². The molecule has 1 aromatic heterocycles. The second-order valence-electron chi connectivity index (χ2n) is 8.86. The highest BCUT2D eigenvalue weighted by Gasteiger charge is 2.17. The first kappa shape index (κ1) is 28.9. The van der Waals surface area contributed by atoms with Gasteiger partial charge >= 0.3 is 17.6 Å². The molecule has 2 aromatic carbocycles. The molecule has 1 fully saturated rings. The zero-order chi connectivity index (χ0) is 28.4. The van der Waals surface area contributed by atoms with Crippen LogP contribution in [-0.2, 0) is 20.9 Å². The lowest BCUT2D eigenvalue weighted by Crippen LogP contribution is -2.47. The van der Waals surface area contributed by atoms with Gasteiger partial charge in [0.2, 0.25) is 5.91 Å². The van der Waals surface area contributed by atoms with E-state index in [1.807, 2.05) is 6.07 Å². The highest BCUT2D eigenvalue weighted by molar-refractivity contribution is 5.92. The average molecular weight is 538 g/mol. The van der Waals surface area contributed by atoms with E-state index in [0.717, 1.165) is 32.7 Å². The van der Waals surface area contributed by atoms with E-state index in [2.05, 4.69) is 44.4 Å². The van der Waals surface area contributed by atoms with E-state index in [4.69, 9.17) is 10.2 Å². The molecule has 1 amide bonds. The summed E-state index contributed by atoms with van der Waals surface area (Å²) >= 11 is 0. The number of carboxylic acids is 2. The molecule has 0 spiro atoms. The van der Waals surface area contributed by atoms with Crippen LogP contribution >= 0.6 is 0 Å². The standard InChI is InChI=1S/C23H27N5O3.C4H4O4/c1-17(29)24-18-8-9-21-20(16-18)22(30)28(23(31)25-21)11-5-10-26-12-14-27(15-13-26)19-6-3-2-4-7-19;5-3(6)1-2-4(7)8/h2-4,6-9,16H,5,10-15H2,1H3,(H,24,29)(H,25,31);1-2H,(H,5,6)(H,7,8)/b;2-1+. The Morgan fingerprint density at radius 3 is 2.15 bits per heavy atom. The summed E-state index contributed by atoms with van der Waals surface area (Å²) in [6.07, 6.45) is 1.83. The Bertz CT molecular complexity index is 1440. The number of carboxylic acid groups (broad SMARTS) is 2. The number of nitrogens with zero attached hydrogens (tertiary/aromatic N) is 3. The maximum absolute atomic E-state index is 12.9. The molecule has 2 heterocycles. The number of aromatic amines is 1. The van der Waals surface area contributed by atoms with Crippen molar-refractivity contribution in [3.63, 3.8) is 0 Å². The number of hydrogen-bond donors (Lipinski definition) is 4. The Labute approximate surface area is 223 Å². The van der Waals surface area contributed by atoms with E-state index in [9.17, 15) is 24.0 Å². The number of fused-ring (bicyclic) bond motifs is 1. The van der Waals surface area contributed by atoms with E-state index in [0.29, 0.717) is 41.7 Å². The molecule has 3 aromatic rings. The van der Waals surface area contributed by atoms with Gasteiger partial charge < -0.3 is 25.4 Å². The van der Waals surface area contributed by atoms with Gasteiger partial charge in [0.15, 0.2) is 0 Å². The van der Waals surface area contributed by atoms with E-state index in [-0.39, 0.29) is 11.5 Å². The Morgan fingerprint density at radius 1 is 0.923 bits per heavy atom. The third kappa shape index (κ3) is 8.68. The number of hydrogen-bond acceptors (Lipinski definition) is 7. The van der Waals surface area contributed by atoms with Crippen molar-refractivity contribution in [2.45, 2.75) is 19.9 Å². The molecule has 4 N–H and O–H groups in total. The Kier molecular flexibility index (Phi) is 10.2. The zero-order valence-corrected chi connectivity index (χ0v) is 21.5. The average Bonchev–Trinajstić information content (AvgIpc) is 2.91. The quantitative estimate of drug-likeness (QED) is 0.312. The van der Waals surface area contributed by atoms with Crippen LogP contribution in [0, 0.1) is 0 Å². The largest absolute Gasteiger partial charge is 0.478 e. The van der Waals surface area contributed by atoms with Crippen LogP contribution in [0.3, 0.4) is 0 Å². The molecule has 0 bridgehead atoms. The van der Waals surface area contributed by atoms with Crippen LogP contribution in [0.25, 0.3) is 10.9 Å². The summed E-state index contributed by atoms with van der Waals surface area (Å²) in [7, 11) is 0. The van der Waals surface area contributed by atoms with Crippen molar-refractivity contribution in [3.8, 4) is 0 Å². The molecule has 0 radical (unpaired) electrons. The molecule has 1 aliphatic rings. The third-order valence-corrected chi connectivity index (χ3v) is 6.02. The van der Waals surface area contributed by atoms with Gasteiger partial charge in [-0.3, -0.25) is 19.1 Å². The Hall–Kier alpha value is -4.71. The number of aromatic nitrogens is 2. The summed E-state index contributed by atoms with van der Waals surface area (Å²) in [6.45, 7) is 6.44. The number of aliphatic carboxylic acids is 2. The number of nitrogens with one attached hydrogen (secondary N) is 2. The van der Waals surface area contributed by atoms with Crippen LogP contribution in [0.1, 0.15) is 13.3 Å². The zero-order valence-electron chi connectivity index (χ0n) is 21.5. The predicted molar refractivity (Wildman–Crippen MR) is 147 cm³/mol. The van der Waals surface area contributed by atoms with E-state index >= 15 is 0 Å². The number of anilines is 2. The van der Waals surface area contributed by atoms with Gasteiger partial charge in [-0.1, -0.05) is 18.2 Å². The second-order valence-corrected chi connectivity index (χ2v) is 8.86. The smallest absolute Gasteiger partial charge is 0.328 e. The summed E-state index contributed by atoms with van der Waals surface area (Å²) < 4.78 is 1.25. The van der Waals surface area contributed by atoms with Gasteiger partial charge in [-0.05, 0) is 43.3 Å². The van der Waals surface area contributed by atoms with Gasteiger partial charge in [0.1, 0.15) is 0 Å². The van der Waals surface area contributed by atoms with Gasteiger partial charge in [0, 0.05) is 63.2 Å². The lowest BCUT2D eigenvalue weighted by molar-refractivity contribution is -0.134. The molecule has 0 unspecified atom stereocenters. The highest BCUT2D eigenvalue weighted by atomic mass is 16.4. The van der Waals surface area contributed by atoms with Crippen LogP contribution in [0.4, 0.5) is 11.4 Å². The molecule has 1 saturated heterocycles. The molecule has 4 rings (SSSR count). The van der Waals surface area contributed by atoms with Crippen molar-refractivity contribution in [2.24, 2.45) is 0 Å². The fraction of sp³-hybridized carbons (Fsp3) is 0.296. The number of benzene rings is 2. The summed E-state index contributed by atoms with van der Waals surface area (Å²) in [5.41, 5.74) is 1.51. The minimum Gasteiger partial charge on any atom is -0.478 e. The lowest BCUT2D eigenvalue weighted by Gasteiger charge is -2.36. The first-order valence-corrected chi connectivity index (χ1v) is 12.3. The third-order valence-electron chi connectivity index (χ3n) is 6.02. The first-order chi connectivity index (χ1) is 18.6. The molecule has 12 nitrogen and oxygen atoms in total. The predicted octanol–water partition coefficient (Wildman–Crippen LogP) is 1.57. The lowest BCUT2D eigenvalue weighted by atomic mass is 10.2. The van der Waals surface area contributed by atoms with Crippen LogP contribution in [0.5, 0.6) is 0 Å². The Balaban J connectivity index is 0.000000459. The summed E-state index contributed by atoms with van der Waals surface area (Å²) in [5.74, 6) is -2.73. The van der Waals surface area contributed by atoms with Crippen molar-refractivity contribution in [1.29, 1.82) is 0 Å². The summed E-state index contributed by atoms with van der Waals surface area (Å²) in [6, 6.07) is 15.3. The Morgan fingerprint density at radius 2 is 1.56 bits per heavy atom. The molecule has 206 valence electrons. The molecule has 39 heavy (non-hydrogen) atoms. The number of H-pyrrole nitrogens is 1. The number of carbonyl (C=O) groups excluding carboxylic acids is 1. The maximum atomic E-state index is 12.9. The summed E-state index contributed by atoms with van der Waals surface area (Å²) in [5, 5.41) is 18.7. The molecular formula is C27H31N5O7. The van der Waals surface area contributed by atoms with E-state index < -0.39 is 17.6 Å². The van der Waals surface area contributed by atoms with Crippen molar-refractivity contribution >= 4 is 40.1 Å². The second kappa shape index (κ2) is 13.7. The van der Waals surface area contributed by atoms with Crippen molar-refractivity contribution < 1.29 is 24.6 Å². The topological polar surface area (TPSA) is 165 Å². The van der Waals surface area contributed by atoms with E-state index in [1.165, 1.54) is 17.2 Å². The van der Waals surface area contributed by atoms with Gasteiger partial charge in [-0.25, -0.2) is 14.4 Å². The number of rotatable bonds is 8. The SMILES string of the molecule is CC(=O)Nc1ccc2[nH]c(=O)n(CCCN3CCN(c4ccccc4)CC3)c(=O)c2c1.O=C(O)/C=C/C(=O)O. The number of amides is 1. The van der Waals surface area contributed by atoms with Crippen molar-refractivity contribution in [2.75, 3.05) is 42.9 Å². The number of piperazine rings is 1. The molecule has 0 aliphatic carbocycles. The van der Waals surface area contributed by atoms with Gasteiger partial charge in [-0.15, -0.1) is 0 Å². The highest BCUT2D eigenvalue weighted by Crippen LogP contribution is 2.16. The van der Waals surface area contributed by atoms with Crippen LogP contribution in [-0.4, -0.2) is 75.2 Å². The molecule has 1 aliphatic heterocycles. The first-order valence-electron chi connectivity index (χ1n) is 12.3.